The molecule has 0 aliphatic heterocycles. The number of nitrogens with zero attached hydrogens (tertiary/aromatic N) is 3. The minimum Gasteiger partial charge on any atom is -0.481 e. The fourth-order valence-electron chi connectivity index (χ4n) is 2.10. The molecule has 0 fully saturated rings. The van der Waals surface area contributed by atoms with E-state index in [1.54, 1.807) is 16.8 Å². The predicted molar refractivity (Wildman–Crippen MR) is 85.0 cm³/mol. The summed E-state index contributed by atoms with van der Waals surface area (Å²) in [6, 6.07) is 5.18. The van der Waals surface area contributed by atoms with Crippen LogP contribution in [0.4, 0.5) is 0 Å². The number of aliphatic carboxylic acids is 1. The fourth-order valence-corrected chi connectivity index (χ4v) is 2.29. The van der Waals surface area contributed by atoms with Gasteiger partial charge in [-0.05, 0) is 38.5 Å². The highest BCUT2D eigenvalue weighted by atomic mass is 35.5. The molecule has 8 heteroatoms. The van der Waals surface area contributed by atoms with Gasteiger partial charge in [0.1, 0.15) is 5.69 Å². The summed E-state index contributed by atoms with van der Waals surface area (Å²) in [7, 11) is 0. The van der Waals surface area contributed by atoms with Crippen LogP contribution in [0.3, 0.4) is 0 Å². The molecule has 7 nitrogen and oxygen atoms in total. The molecule has 2 aromatic heterocycles. The van der Waals surface area contributed by atoms with Crippen LogP contribution in [-0.4, -0.2) is 38.3 Å². The number of halogens is 1. The number of aromatic nitrogens is 3. The van der Waals surface area contributed by atoms with E-state index in [1.165, 1.54) is 0 Å². The number of aryl methyl sites for hydroxylation is 2. The van der Waals surface area contributed by atoms with Gasteiger partial charge < -0.3 is 10.4 Å². The molecule has 0 spiro atoms. The molecular formula is C15H17ClN4O3. The van der Waals surface area contributed by atoms with E-state index in [4.69, 9.17) is 16.7 Å². The molecule has 0 aliphatic rings. The lowest BCUT2D eigenvalue weighted by molar-refractivity contribution is -0.137. The Balaban J connectivity index is 2.15. The van der Waals surface area contributed by atoms with Crippen molar-refractivity contribution in [2.24, 2.45) is 0 Å². The minimum atomic E-state index is -0.901. The molecule has 2 rings (SSSR count). The quantitative estimate of drug-likeness (QED) is 0.788. The first-order valence-electron chi connectivity index (χ1n) is 7.08. The van der Waals surface area contributed by atoms with Crippen LogP contribution < -0.4 is 5.32 Å². The topological polar surface area (TPSA) is 97.1 Å². The van der Waals surface area contributed by atoms with Crippen LogP contribution in [0.1, 0.15) is 34.7 Å². The van der Waals surface area contributed by atoms with Gasteiger partial charge in [-0.3, -0.25) is 9.59 Å². The van der Waals surface area contributed by atoms with E-state index in [-0.39, 0.29) is 23.7 Å². The van der Waals surface area contributed by atoms with Crippen molar-refractivity contribution < 1.29 is 14.7 Å². The molecule has 0 radical (unpaired) electrons. The largest absolute Gasteiger partial charge is 0.481 e. The van der Waals surface area contributed by atoms with E-state index in [1.807, 2.05) is 19.9 Å². The molecule has 2 N–H and O–H groups in total. The number of amides is 1. The molecule has 0 bridgehead atoms. The maximum Gasteiger partial charge on any atom is 0.303 e. The van der Waals surface area contributed by atoms with Crippen molar-refractivity contribution in [2.75, 3.05) is 6.54 Å². The number of carbonyl (C=O) groups is 2. The molecule has 0 saturated heterocycles. The minimum absolute atomic E-state index is 0.00671. The van der Waals surface area contributed by atoms with Crippen LogP contribution in [0.5, 0.6) is 0 Å². The van der Waals surface area contributed by atoms with Crippen LogP contribution in [-0.2, 0) is 4.79 Å². The van der Waals surface area contributed by atoms with Crippen molar-refractivity contribution in [3.05, 3.63) is 40.3 Å². The molecule has 122 valence electrons. The molecule has 0 aliphatic carbocycles. The van der Waals surface area contributed by atoms with Crippen molar-refractivity contribution in [1.29, 1.82) is 0 Å². The number of rotatable bonds is 6. The van der Waals surface area contributed by atoms with E-state index >= 15 is 0 Å². The summed E-state index contributed by atoms with van der Waals surface area (Å²) in [4.78, 5) is 26.9. The predicted octanol–water partition coefficient (Wildman–Crippen LogP) is 2.13. The Hall–Kier alpha value is -2.41. The highest BCUT2D eigenvalue weighted by molar-refractivity contribution is 6.33. The molecule has 1 amide bonds. The summed E-state index contributed by atoms with van der Waals surface area (Å²) in [5, 5.41) is 15.7. The lowest BCUT2D eigenvalue weighted by atomic mass is 10.3. The monoisotopic (exact) mass is 336 g/mol. The molecule has 0 atom stereocenters. The van der Waals surface area contributed by atoms with Crippen LogP contribution in [0, 0.1) is 13.8 Å². The van der Waals surface area contributed by atoms with Gasteiger partial charge in [0.2, 0.25) is 0 Å². The van der Waals surface area contributed by atoms with Crippen LogP contribution >= 0.6 is 11.6 Å². The first kappa shape index (κ1) is 17.0. The lowest BCUT2D eigenvalue weighted by Gasteiger charge is -2.08. The first-order chi connectivity index (χ1) is 10.9. The number of nitrogens with one attached hydrogen (secondary N) is 1. The Kier molecular flexibility index (Phi) is 5.33. The number of carboxylic acid groups (broad SMARTS) is 1. The molecule has 2 aromatic rings. The third-order valence-corrected chi connectivity index (χ3v) is 3.43. The molecule has 2 heterocycles. The van der Waals surface area contributed by atoms with Crippen molar-refractivity contribution in [2.45, 2.75) is 26.7 Å². The number of hydrogen-bond donors (Lipinski definition) is 2. The Morgan fingerprint density at radius 1 is 1.35 bits per heavy atom. The molecular weight excluding hydrogens is 320 g/mol. The van der Waals surface area contributed by atoms with E-state index in [0.717, 1.165) is 11.4 Å². The summed E-state index contributed by atoms with van der Waals surface area (Å²) in [6.07, 6.45) is 0.336. The number of carboxylic acids is 1. The van der Waals surface area contributed by atoms with Gasteiger partial charge in [0.25, 0.3) is 5.91 Å². The Morgan fingerprint density at radius 2 is 2.09 bits per heavy atom. The number of pyridine rings is 1. The molecule has 0 aromatic carbocycles. The maximum atomic E-state index is 12.1. The average molecular weight is 337 g/mol. The second-order valence-corrected chi connectivity index (χ2v) is 5.50. The smallest absolute Gasteiger partial charge is 0.303 e. The average Bonchev–Trinajstić information content (AvgIpc) is 2.82. The third kappa shape index (κ3) is 4.29. The summed E-state index contributed by atoms with van der Waals surface area (Å²) in [5.41, 5.74) is 1.83. The second kappa shape index (κ2) is 7.23. The highest BCUT2D eigenvalue weighted by Gasteiger charge is 2.15. The fraction of sp³-hybridized carbons (Fsp3) is 0.333. The third-order valence-electron chi connectivity index (χ3n) is 3.13. The van der Waals surface area contributed by atoms with Crippen molar-refractivity contribution in [3.8, 4) is 5.82 Å². The molecule has 0 saturated carbocycles. The zero-order valence-electron chi connectivity index (χ0n) is 12.8. The second-order valence-electron chi connectivity index (χ2n) is 5.09. The van der Waals surface area contributed by atoms with Gasteiger partial charge >= 0.3 is 5.97 Å². The summed E-state index contributed by atoms with van der Waals surface area (Å²) in [6.45, 7) is 4.00. The summed E-state index contributed by atoms with van der Waals surface area (Å²) < 4.78 is 1.63. The van der Waals surface area contributed by atoms with Gasteiger partial charge in [0.15, 0.2) is 5.82 Å². The SMILES string of the molecule is Cc1cc(C)n(-c2ccc(Cl)c(C(=O)NCCCC(=O)O)n2)n1. The molecule has 23 heavy (non-hydrogen) atoms. The van der Waals surface area contributed by atoms with Gasteiger partial charge in [-0.2, -0.15) is 5.10 Å². The van der Waals surface area contributed by atoms with Gasteiger partial charge in [-0.1, -0.05) is 11.6 Å². The zero-order chi connectivity index (χ0) is 17.0. The van der Waals surface area contributed by atoms with E-state index in [2.05, 4.69) is 15.4 Å². The van der Waals surface area contributed by atoms with E-state index < -0.39 is 11.9 Å². The zero-order valence-corrected chi connectivity index (χ0v) is 13.6. The van der Waals surface area contributed by atoms with Crippen molar-refractivity contribution in [3.63, 3.8) is 0 Å². The van der Waals surface area contributed by atoms with Crippen molar-refractivity contribution in [1.82, 2.24) is 20.1 Å². The Morgan fingerprint density at radius 3 is 2.70 bits per heavy atom. The number of hydrogen-bond acceptors (Lipinski definition) is 4. The Labute approximate surface area is 138 Å². The molecule has 0 unspecified atom stereocenters. The van der Waals surface area contributed by atoms with Crippen molar-refractivity contribution >= 4 is 23.5 Å². The van der Waals surface area contributed by atoms with Crippen LogP contribution in [0.15, 0.2) is 18.2 Å². The Bertz CT molecular complexity index is 742. The standard InChI is InChI=1S/C15H17ClN4O3/c1-9-8-10(2)20(19-9)12-6-5-11(16)14(18-12)15(23)17-7-3-4-13(21)22/h5-6,8H,3-4,7H2,1-2H3,(H,17,23)(H,21,22). The van der Waals surface area contributed by atoms with Gasteiger partial charge in [-0.15, -0.1) is 0 Å². The van der Waals surface area contributed by atoms with E-state index in [0.29, 0.717) is 12.2 Å². The van der Waals surface area contributed by atoms with Gasteiger partial charge in [0.05, 0.1) is 10.7 Å². The maximum absolute atomic E-state index is 12.1. The first-order valence-corrected chi connectivity index (χ1v) is 7.46. The normalized spacial score (nSPS) is 10.6. The van der Waals surface area contributed by atoms with E-state index in [9.17, 15) is 9.59 Å². The number of carbonyl (C=O) groups excluding carboxylic acids is 1. The van der Waals surface area contributed by atoms with Gasteiger partial charge in [0, 0.05) is 18.7 Å². The lowest BCUT2D eigenvalue weighted by Crippen LogP contribution is -2.26. The van der Waals surface area contributed by atoms with Crippen LogP contribution in [0.2, 0.25) is 5.02 Å². The summed E-state index contributed by atoms with van der Waals surface area (Å²) in [5.74, 6) is -0.846. The van der Waals surface area contributed by atoms with Gasteiger partial charge in [-0.25, -0.2) is 9.67 Å². The summed E-state index contributed by atoms with van der Waals surface area (Å²) >= 11 is 6.04. The highest BCUT2D eigenvalue weighted by Crippen LogP contribution is 2.17. The van der Waals surface area contributed by atoms with Crippen LogP contribution in [0.25, 0.3) is 5.82 Å².